The van der Waals surface area contributed by atoms with E-state index in [9.17, 15) is 8.78 Å². The first-order valence-corrected chi connectivity index (χ1v) is 11.2. The van der Waals surface area contributed by atoms with Crippen LogP contribution in [0.4, 0.5) is 31.9 Å². The lowest BCUT2D eigenvalue weighted by molar-refractivity contribution is 0.135. The Kier molecular flexibility index (Phi) is 6.99. The molecule has 2 fully saturated rings. The van der Waals surface area contributed by atoms with Gasteiger partial charge in [0.05, 0.1) is 11.8 Å². The molecule has 2 saturated heterocycles. The number of nitrogens with zero attached hydrogens (tertiary/aromatic N) is 5. The van der Waals surface area contributed by atoms with E-state index in [1.807, 2.05) is 19.1 Å². The zero-order valence-corrected chi connectivity index (χ0v) is 18.6. The fourth-order valence-electron chi connectivity index (χ4n) is 4.95. The number of rotatable bonds is 9. The summed E-state index contributed by atoms with van der Waals surface area (Å²) >= 11 is 0. The summed E-state index contributed by atoms with van der Waals surface area (Å²) in [5.74, 6) is 1.36. The molecule has 10 heteroatoms. The third-order valence-electron chi connectivity index (χ3n) is 6.34. The number of aliphatic imine (C=N–C) groups is 1. The standard InChI is InChI=1S/C23H28F2N8/c1-3-5-17-18(27-2)12-20(29-21-13-19(22(24)25)31-32-21)30-23(17)28-14-10-15-6-7-16(11-14)33(15)9-4-8-26/h3,5,12-16,22H,2,4,6-7,9-11H2,1H3,(H3,28,29,30,31,32)/b5-3-/t14-,15-,16+. The summed E-state index contributed by atoms with van der Waals surface area (Å²) in [7, 11) is 0. The van der Waals surface area contributed by atoms with Gasteiger partial charge in [0.2, 0.25) is 0 Å². The van der Waals surface area contributed by atoms with Crippen LogP contribution in [-0.4, -0.2) is 51.5 Å². The molecule has 3 atom stereocenters. The Morgan fingerprint density at radius 3 is 2.70 bits per heavy atom. The number of allylic oxidation sites excluding steroid dienone is 1. The highest BCUT2D eigenvalue weighted by Gasteiger charge is 2.40. The van der Waals surface area contributed by atoms with E-state index in [1.165, 1.54) is 6.07 Å². The molecule has 2 aromatic heterocycles. The monoisotopic (exact) mass is 454 g/mol. The smallest absolute Gasteiger partial charge is 0.279 e. The third-order valence-corrected chi connectivity index (χ3v) is 6.34. The minimum Gasteiger partial charge on any atom is -0.367 e. The summed E-state index contributed by atoms with van der Waals surface area (Å²) in [6.07, 6.45) is 6.03. The van der Waals surface area contributed by atoms with Gasteiger partial charge in [-0.3, -0.25) is 15.0 Å². The topological polar surface area (TPSA) is 105 Å². The molecule has 33 heavy (non-hydrogen) atoms. The fourth-order valence-corrected chi connectivity index (χ4v) is 4.95. The number of piperidine rings is 1. The lowest BCUT2D eigenvalue weighted by Crippen LogP contribution is -2.47. The van der Waals surface area contributed by atoms with Crippen molar-refractivity contribution in [2.75, 3.05) is 17.2 Å². The number of pyridine rings is 1. The molecule has 0 spiro atoms. The third kappa shape index (κ3) is 5.03. The predicted molar refractivity (Wildman–Crippen MR) is 125 cm³/mol. The number of hydrogen-bond acceptors (Lipinski definition) is 7. The van der Waals surface area contributed by atoms with Crippen LogP contribution in [-0.2, 0) is 0 Å². The number of anilines is 3. The van der Waals surface area contributed by atoms with Crippen molar-refractivity contribution in [1.29, 1.82) is 5.26 Å². The van der Waals surface area contributed by atoms with Gasteiger partial charge < -0.3 is 10.6 Å². The number of aromatic nitrogens is 3. The van der Waals surface area contributed by atoms with Crippen LogP contribution in [0.3, 0.4) is 0 Å². The van der Waals surface area contributed by atoms with E-state index in [2.05, 4.69) is 43.5 Å². The Balaban J connectivity index is 1.56. The van der Waals surface area contributed by atoms with Crippen molar-refractivity contribution in [2.24, 2.45) is 4.99 Å². The molecule has 2 aliphatic rings. The fraction of sp³-hybridized carbons (Fsp3) is 0.478. The molecule has 0 aliphatic carbocycles. The maximum absolute atomic E-state index is 12.9. The SMILES string of the molecule is C=Nc1cc(Nc2cc(C(F)F)[nH]n2)nc(N[C@@H]2C[C@H]3CC[C@@H](C2)N3CCC#N)c1/C=C\C. The number of halogens is 2. The van der Waals surface area contributed by atoms with Gasteiger partial charge in [0.25, 0.3) is 6.43 Å². The molecule has 0 amide bonds. The number of fused-ring (bicyclic) bond motifs is 2. The molecule has 2 aromatic rings. The van der Waals surface area contributed by atoms with Gasteiger partial charge in [-0.15, -0.1) is 0 Å². The Morgan fingerprint density at radius 1 is 1.33 bits per heavy atom. The van der Waals surface area contributed by atoms with Gasteiger partial charge in [0.1, 0.15) is 17.3 Å². The summed E-state index contributed by atoms with van der Waals surface area (Å²) < 4.78 is 25.8. The molecular weight excluding hydrogens is 426 g/mol. The number of alkyl halides is 2. The Morgan fingerprint density at radius 2 is 2.09 bits per heavy atom. The van der Waals surface area contributed by atoms with Gasteiger partial charge in [-0.25, -0.2) is 13.8 Å². The first kappa shape index (κ1) is 22.9. The van der Waals surface area contributed by atoms with Crippen molar-refractivity contribution in [2.45, 2.75) is 63.6 Å². The lowest BCUT2D eigenvalue weighted by Gasteiger charge is -2.39. The van der Waals surface area contributed by atoms with E-state index in [0.29, 0.717) is 35.8 Å². The van der Waals surface area contributed by atoms with Crippen molar-refractivity contribution < 1.29 is 8.78 Å². The summed E-state index contributed by atoms with van der Waals surface area (Å²) in [5, 5.41) is 21.8. The highest BCUT2D eigenvalue weighted by atomic mass is 19.3. The van der Waals surface area contributed by atoms with E-state index >= 15 is 0 Å². The zero-order valence-electron chi connectivity index (χ0n) is 18.6. The largest absolute Gasteiger partial charge is 0.367 e. The summed E-state index contributed by atoms with van der Waals surface area (Å²) in [5.41, 5.74) is 1.20. The molecule has 8 nitrogen and oxygen atoms in total. The van der Waals surface area contributed by atoms with Crippen LogP contribution in [0, 0.1) is 11.3 Å². The van der Waals surface area contributed by atoms with Crippen LogP contribution in [0.1, 0.15) is 56.7 Å². The van der Waals surface area contributed by atoms with E-state index < -0.39 is 6.43 Å². The van der Waals surface area contributed by atoms with Crippen LogP contribution >= 0.6 is 0 Å². The van der Waals surface area contributed by atoms with Crippen molar-refractivity contribution in [3.8, 4) is 6.07 Å². The molecule has 2 bridgehead atoms. The second-order valence-corrected chi connectivity index (χ2v) is 8.42. The van der Waals surface area contributed by atoms with Gasteiger partial charge in [0.15, 0.2) is 5.82 Å². The van der Waals surface area contributed by atoms with Crippen molar-refractivity contribution >= 4 is 35.9 Å². The van der Waals surface area contributed by atoms with E-state index in [-0.39, 0.29) is 17.6 Å². The van der Waals surface area contributed by atoms with Crippen molar-refractivity contribution in [1.82, 2.24) is 20.1 Å². The van der Waals surface area contributed by atoms with Gasteiger partial charge in [-0.05, 0) is 39.3 Å². The Hall–Kier alpha value is -3.32. The summed E-state index contributed by atoms with van der Waals surface area (Å²) in [6.45, 7) is 6.44. The van der Waals surface area contributed by atoms with Gasteiger partial charge >= 0.3 is 0 Å². The maximum atomic E-state index is 12.9. The molecule has 0 radical (unpaired) electrons. The van der Waals surface area contributed by atoms with E-state index in [0.717, 1.165) is 37.8 Å². The second-order valence-electron chi connectivity index (χ2n) is 8.42. The quantitative estimate of drug-likeness (QED) is 0.452. The zero-order chi connectivity index (χ0) is 23.4. The molecule has 3 N–H and O–H groups in total. The normalized spacial score (nSPS) is 22.6. The van der Waals surface area contributed by atoms with E-state index in [1.54, 1.807) is 6.07 Å². The summed E-state index contributed by atoms with van der Waals surface area (Å²) in [4.78, 5) is 11.4. The molecular formula is C23H28F2N8. The van der Waals surface area contributed by atoms with Crippen LogP contribution < -0.4 is 10.6 Å². The average Bonchev–Trinajstić information content (AvgIpc) is 3.35. The van der Waals surface area contributed by atoms with Gasteiger partial charge in [-0.2, -0.15) is 10.4 Å². The van der Waals surface area contributed by atoms with Crippen molar-refractivity contribution in [3.63, 3.8) is 0 Å². The molecule has 4 rings (SSSR count). The van der Waals surface area contributed by atoms with Crippen molar-refractivity contribution in [3.05, 3.63) is 29.5 Å². The first-order chi connectivity index (χ1) is 16.0. The maximum Gasteiger partial charge on any atom is 0.279 e. The van der Waals surface area contributed by atoms with Crippen LogP contribution in [0.25, 0.3) is 6.08 Å². The highest BCUT2D eigenvalue weighted by Crippen LogP contribution is 2.38. The molecule has 174 valence electrons. The van der Waals surface area contributed by atoms with E-state index in [4.69, 9.17) is 10.2 Å². The second kappa shape index (κ2) is 10.1. The number of nitrogens with one attached hydrogen (secondary N) is 3. The number of H-pyrrole nitrogens is 1. The molecule has 4 heterocycles. The van der Waals surface area contributed by atoms with Gasteiger partial charge in [0, 0.05) is 48.8 Å². The Bertz CT molecular complexity index is 1040. The number of hydrogen-bond donors (Lipinski definition) is 3. The molecule has 0 aromatic carbocycles. The van der Waals surface area contributed by atoms with Gasteiger partial charge in [-0.1, -0.05) is 12.2 Å². The highest BCUT2D eigenvalue weighted by molar-refractivity contribution is 5.78. The lowest BCUT2D eigenvalue weighted by atomic mass is 9.96. The molecule has 2 aliphatic heterocycles. The molecule has 0 saturated carbocycles. The van der Waals surface area contributed by atoms with Crippen LogP contribution in [0.15, 0.2) is 23.2 Å². The van der Waals surface area contributed by atoms with Crippen LogP contribution in [0.2, 0.25) is 0 Å². The predicted octanol–water partition coefficient (Wildman–Crippen LogP) is 5.17. The first-order valence-electron chi connectivity index (χ1n) is 11.2. The minimum atomic E-state index is -2.63. The summed E-state index contributed by atoms with van der Waals surface area (Å²) in [6, 6.07) is 6.41. The number of aromatic amines is 1. The minimum absolute atomic E-state index is 0.237. The van der Waals surface area contributed by atoms with Crippen LogP contribution in [0.5, 0.6) is 0 Å². The Labute approximate surface area is 191 Å². The average molecular weight is 455 g/mol. The number of nitriles is 1. The molecule has 0 unspecified atom stereocenters.